The Kier molecular flexibility index (Phi) is 3.96. The summed E-state index contributed by atoms with van der Waals surface area (Å²) in [5.41, 5.74) is 7.69. The Morgan fingerprint density at radius 1 is 1.35 bits per heavy atom. The molecule has 0 amide bonds. The summed E-state index contributed by atoms with van der Waals surface area (Å²) in [5, 5.41) is 8.98. The molecule has 0 aromatic heterocycles. The maximum Gasteiger partial charge on any atom is 0.325 e. The molecule has 3 N–H and O–H groups in total. The molecule has 0 saturated heterocycles. The summed E-state index contributed by atoms with van der Waals surface area (Å²) in [4.78, 5) is 11.0. The molecule has 1 aromatic rings. The first-order valence-corrected chi connectivity index (χ1v) is 5.14. The average Bonchev–Trinajstić information content (AvgIpc) is 2.27. The molecule has 0 aliphatic heterocycles. The van der Waals surface area contributed by atoms with Gasteiger partial charge in [0.25, 0.3) is 0 Å². The van der Waals surface area contributed by atoms with Crippen molar-refractivity contribution >= 4 is 5.97 Å². The van der Waals surface area contributed by atoms with Gasteiger partial charge in [0.1, 0.15) is 6.04 Å². The van der Waals surface area contributed by atoms with Crippen molar-refractivity contribution in [2.45, 2.75) is 19.9 Å². The van der Waals surface area contributed by atoms with Crippen LogP contribution >= 0.6 is 0 Å². The predicted octanol–water partition coefficient (Wildman–Crippen LogP) is 1.41. The highest BCUT2D eigenvalue weighted by Gasteiger charge is 2.23. The van der Waals surface area contributed by atoms with Gasteiger partial charge in [0.05, 0.1) is 14.2 Å². The third kappa shape index (κ3) is 2.34. The molecule has 0 aliphatic carbocycles. The summed E-state index contributed by atoms with van der Waals surface area (Å²) >= 11 is 0. The van der Waals surface area contributed by atoms with Crippen molar-refractivity contribution in [3.8, 4) is 11.5 Å². The van der Waals surface area contributed by atoms with Crippen LogP contribution in [0.2, 0.25) is 0 Å². The summed E-state index contributed by atoms with van der Waals surface area (Å²) in [5.74, 6) is 0.0251. The number of aryl methyl sites for hydroxylation is 1. The SMILES string of the molecule is COc1cc(C)c(C(N)C(=O)O)c(C)c1OC. The zero-order valence-corrected chi connectivity index (χ0v) is 10.4. The van der Waals surface area contributed by atoms with Gasteiger partial charge in [-0.25, -0.2) is 0 Å². The molecule has 0 saturated carbocycles. The Morgan fingerprint density at radius 3 is 2.35 bits per heavy atom. The Labute approximate surface area is 100 Å². The molecule has 5 heteroatoms. The quantitative estimate of drug-likeness (QED) is 0.830. The zero-order valence-electron chi connectivity index (χ0n) is 10.4. The molecule has 94 valence electrons. The fraction of sp³-hybridized carbons (Fsp3) is 0.417. The summed E-state index contributed by atoms with van der Waals surface area (Å²) in [7, 11) is 3.05. The van der Waals surface area contributed by atoms with Gasteiger partial charge >= 0.3 is 5.97 Å². The lowest BCUT2D eigenvalue weighted by atomic mass is 9.95. The first-order valence-electron chi connectivity index (χ1n) is 5.14. The van der Waals surface area contributed by atoms with Crippen LogP contribution in [0.1, 0.15) is 22.7 Å². The fourth-order valence-electron chi connectivity index (χ4n) is 1.95. The molecule has 0 aliphatic rings. The molecule has 0 bridgehead atoms. The van der Waals surface area contributed by atoms with E-state index in [0.29, 0.717) is 22.6 Å². The molecule has 1 unspecified atom stereocenters. The number of nitrogens with two attached hydrogens (primary N) is 1. The molecule has 0 heterocycles. The Balaban J connectivity index is 3.47. The van der Waals surface area contributed by atoms with Gasteiger partial charge in [0, 0.05) is 5.56 Å². The van der Waals surface area contributed by atoms with Crippen molar-refractivity contribution < 1.29 is 19.4 Å². The minimum atomic E-state index is -1.07. The first kappa shape index (κ1) is 13.3. The Hall–Kier alpha value is -1.75. The Bertz CT molecular complexity index is 443. The number of carboxylic acid groups (broad SMARTS) is 1. The number of benzene rings is 1. The van der Waals surface area contributed by atoms with Gasteiger partial charge in [0.15, 0.2) is 11.5 Å². The number of ether oxygens (including phenoxy) is 2. The molecule has 1 aromatic carbocycles. The molecule has 1 rings (SSSR count). The molecule has 1 atom stereocenters. The molecule has 0 radical (unpaired) electrons. The summed E-state index contributed by atoms with van der Waals surface area (Å²) < 4.78 is 10.4. The van der Waals surface area contributed by atoms with Gasteiger partial charge < -0.3 is 20.3 Å². The fourth-order valence-corrected chi connectivity index (χ4v) is 1.95. The third-order valence-electron chi connectivity index (χ3n) is 2.74. The number of carbonyl (C=O) groups is 1. The van der Waals surface area contributed by atoms with E-state index in [9.17, 15) is 4.79 Å². The smallest absolute Gasteiger partial charge is 0.325 e. The number of methoxy groups -OCH3 is 2. The number of aliphatic carboxylic acids is 1. The van der Waals surface area contributed by atoms with Gasteiger partial charge in [-0.2, -0.15) is 0 Å². The van der Waals surface area contributed by atoms with Crippen LogP contribution in [0.4, 0.5) is 0 Å². The molecule has 5 nitrogen and oxygen atoms in total. The largest absolute Gasteiger partial charge is 0.493 e. The van der Waals surface area contributed by atoms with Crippen LogP contribution < -0.4 is 15.2 Å². The lowest BCUT2D eigenvalue weighted by molar-refractivity contribution is -0.138. The normalized spacial score (nSPS) is 12.1. The maximum atomic E-state index is 11.0. The monoisotopic (exact) mass is 239 g/mol. The van der Waals surface area contributed by atoms with Crippen molar-refractivity contribution in [1.29, 1.82) is 0 Å². The predicted molar refractivity (Wildman–Crippen MR) is 63.6 cm³/mol. The first-order chi connectivity index (χ1) is 7.93. The van der Waals surface area contributed by atoms with Gasteiger partial charge in [-0.3, -0.25) is 4.79 Å². The minimum absolute atomic E-state index is 0.518. The Morgan fingerprint density at radius 2 is 1.94 bits per heavy atom. The zero-order chi connectivity index (χ0) is 13.2. The summed E-state index contributed by atoms with van der Waals surface area (Å²) in [6.07, 6.45) is 0. The van der Waals surface area contributed by atoms with Crippen LogP contribution in [0.25, 0.3) is 0 Å². The van der Waals surface area contributed by atoms with E-state index in [4.69, 9.17) is 20.3 Å². The molecule has 0 fully saturated rings. The van der Waals surface area contributed by atoms with Crippen LogP contribution in [-0.2, 0) is 4.79 Å². The second-order valence-electron chi connectivity index (χ2n) is 3.78. The van der Waals surface area contributed by atoms with Gasteiger partial charge in [-0.1, -0.05) is 0 Å². The van der Waals surface area contributed by atoms with Crippen molar-refractivity contribution in [2.24, 2.45) is 5.73 Å². The average molecular weight is 239 g/mol. The third-order valence-corrected chi connectivity index (χ3v) is 2.74. The van der Waals surface area contributed by atoms with Crippen molar-refractivity contribution in [2.75, 3.05) is 14.2 Å². The van der Waals surface area contributed by atoms with Crippen LogP contribution in [0, 0.1) is 13.8 Å². The number of carboxylic acids is 1. The lowest BCUT2D eigenvalue weighted by Crippen LogP contribution is -2.23. The maximum absolute atomic E-state index is 11.0. The van der Waals surface area contributed by atoms with Crippen LogP contribution in [0.3, 0.4) is 0 Å². The molecular formula is C12H17NO4. The van der Waals surface area contributed by atoms with E-state index >= 15 is 0 Å². The highest BCUT2D eigenvalue weighted by Crippen LogP contribution is 2.37. The summed E-state index contributed by atoms with van der Waals surface area (Å²) in [6, 6.07) is 0.666. The molecule has 17 heavy (non-hydrogen) atoms. The van der Waals surface area contributed by atoms with E-state index in [-0.39, 0.29) is 0 Å². The second kappa shape index (κ2) is 5.05. The van der Waals surface area contributed by atoms with Crippen LogP contribution in [0.15, 0.2) is 6.07 Å². The highest BCUT2D eigenvalue weighted by atomic mass is 16.5. The topological polar surface area (TPSA) is 81.8 Å². The minimum Gasteiger partial charge on any atom is -0.493 e. The van der Waals surface area contributed by atoms with Gasteiger partial charge in [-0.05, 0) is 31.0 Å². The molecular weight excluding hydrogens is 222 g/mol. The number of rotatable bonds is 4. The highest BCUT2D eigenvalue weighted by molar-refractivity contribution is 5.77. The molecule has 0 spiro atoms. The van der Waals surface area contributed by atoms with E-state index in [0.717, 1.165) is 5.56 Å². The standard InChI is InChI=1S/C12H17NO4/c1-6-5-8(16-3)11(17-4)7(2)9(6)10(13)12(14)15/h5,10H,13H2,1-4H3,(H,14,15). The second-order valence-corrected chi connectivity index (χ2v) is 3.78. The summed E-state index contributed by atoms with van der Waals surface area (Å²) in [6.45, 7) is 3.57. The van der Waals surface area contributed by atoms with E-state index < -0.39 is 12.0 Å². The van der Waals surface area contributed by atoms with Crippen LogP contribution in [0.5, 0.6) is 11.5 Å². The number of hydrogen-bond donors (Lipinski definition) is 2. The van der Waals surface area contributed by atoms with Crippen molar-refractivity contribution in [3.63, 3.8) is 0 Å². The van der Waals surface area contributed by atoms with Crippen LogP contribution in [-0.4, -0.2) is 25.3 Å². The number of hydrogen-bond acceptors (Lipinski definition) is 4. The van der Waals surface area contributed by atoms with E-state index in [1.54, 1.807) is 19.9 Å². The van der Waals surface area contributed by atoms with Gasteiger partial charge in [0.2, 0.25) is 0 Å². The van der Waals surface area contributed by atoms with E-state index in [1.165, 1.54) is 14.2 Å². The van der Waals surface area contributed by atoms with Gasteiger partial charge in [-0.15, -0.1) is 0 Å². The van der Waals surface area contributed by atoms with E-state index in [1.807, 2.05) is 0 Å². The van der Waals surface area contributed by atoms with Crippen molar-refractivity contribution in [3.05, 3.63) is 22.8 Å². The lowest BCUT2D eigenvalue weighted by Gasteiger charge is -2.19. The van der Waals surface area contributed by atoms with E-state index in [2.05, 4.69) is 0 Å². The van der Waals surface area contributed by atoms with Crippen molar-refractivity contribution in [1.82, 2.24) is 0 Å².